The molecule has 2 bridgehead atoms. The smallest absolute Gasteiger partial charge is 0.0991 e. The third-order valence-electron chi connectivity index (χ3n) is 4.12. The molecule has 2 saturated heterocycles. The molecular weight excluding hydrogens is 242 g/mol. The molecule has 2 fully saturated rings. The van der Waals surface area contributed by atoms with Crippen LogP contribution in [0.4, 0.5) is 0 Å². The predicted molar refractivity (Wildman–Crippen MR) is 73.3 cm³/mol. The van der Waals surface area contributed by atoms with Crippen LogP contribution in [0.2, 0.25) is 0 Å². The number of fused-ring (bicyclic) bond motifs is 2. The van der Waals surface area contributed by atoms with Crippen molar-refractivity contribution in [1.82, 2.24) is 0 Å². The first-order valence-electron chi connectivity index (χ1n) is 6.58. The monoisotopic (exact) mass is 259 g/mol. The lowest BCUT2D eigenvalue weighted by Gasteiger charge is -2.44. The van der Waals surface area contributed by atoms with Crippen molar-refractivity contribution in [2.24, 2.45) is 0 Å². The van der Waals surface area contributed by atoms with Gasteiger partial charge in [-0.1, -0.05) is 18.6 Å². The maximum absolute atomic E-state index is 10.9. The molecule has 18 heavy (non-hydrogen) atoms. The first-order chi connectivity index (χ1) is 8.69. The third kappa shape index (κ3) is 2.15. The van der Waals surface area contributed by atoms with Gasteiger partial charge in [0.05, 0.1) is 17.2 Å². The van der Waals surface area contributed by atoms with Crippen LogP contribution in [0.25, 0.3) is 0 Å². The summed E-state index contributed by atoms with van der Waals surface area (Å²) in [5, 5.41) is 21.0. The van der Waals surface area contributed by atoms with Crippen LogP contribution in [0.3, 0.4) is 0 Å². The Labute approximate surface area is 112 Å². The Balaban J connectivity index is 1.87. The van der Waals surface area contributed by atoms with E-state index >= 15 is 0 Å². The van der Waals surface area contributed by atoms with Crippen LogP contribution < -0.4 is 0 Å². The summed E-state index contributed by atoms with van der Waals surface area (Å²) >= 11 is 2.07. The second-order valence-corrected chi connectivity index (χ2v) is 7.05. The van der Waals surface area contributed by atoms with E-state index in [1.807, 2.05) is 24.3 Å². The molecule has 2 aliphatic rings. The molecule has 0 amide bonds. The number of rotatable bonds is 1. The van der Waals surface area contributed by atoms with E-state index in [9.17, 15) is 5.11 Å². The fourth-order valence-corrected chi connectivity index (χ4v) is 5.10. The van der Waals surface area contributed by atoms with Crippen LogP contribution in [0.5, 0.6) is 0 Å². The maximum Gasteiger partial charge on any atom is 0.0991 e. The molecule has 1 aromatic rings. The molecule has 2 atom stereocenters. The molecule has 1 N–H and O–H groups in total. The molecule has 2 unspecified atom stereocenters. The highest BCUT2D eigenvalue weighted by molar-refractivity contribution is 8.00. The van der Waals surface area contributed by atoms with Gasteiger partial charge in [0.2, 0.25) is 0 Å². The Kier molecular flexibility index (Phi) is 3.09. The first-order valence-corrected chi connectivity index (χ1v) is 7.52. The molecule has 2 nitrogen and oxygen atoms in total. The number of thioether (sulfide) groups is 1. The summed E-state index contributed by atoms with van der Waals surface area (Å²) in [6.07, 6.45) is 5.51. The van der Waals surface area contributed by atoms with Gasteiger partial charge in [-0.15, -0.1) is 0 Å². The van der Waals surface area contributed by atoms with Crippen LogP contribution in [0.15, 0.2) is 24.3 Å². The zero-order valence-electron chi connectivity index (χ0n) is 10.3. The summed E-state index contributed by atoms with van der Waals surface area (Å²) < 4.78 is 0. The Morgan fingerprint density at radius 1 is 1.17 bits per heavy atom. The van der Waals surface area contributed by atoms with Gasteiger partial charge in [0, 0.05) is 10.5 Å². The Morgan fingerprint density at radius 2 is 1.78 bits per heavy atom. The minimum atomic E-state index is -0.672. The van der Waals surface area contributed by atoms with E-state index in [2.05, 4.69) is 17.8 Å². The van der Waals surface area contributed by atoms with E-state index in [-0.39, 0.29) is 0 Å². The fraction of sp³-hybridized carbons (Fsp3) is 0.533. The number of aliphatic hydroxyl groups is 1. The van der Waals surface area contributed by atoms with Crippen LogP contribution in [-0.2, 0) is 5.60 Å². The normalized spacial score (nSPS) is 34.9. The average Bonchev–Trinajstić information content (AvgIpc) is 2.38. The highest BCUT2D eigenvalue weighted by Crippen LogP contribution is 2.49. The van der Waals surface area contributed by atoms with Crippen molar-refractivity contribution in [3.8, 4) is 6.07 Å². The highest BCUT2D eigenvalue weighted by Gasteiger charge is 2.42. The lowest BCUT2D eigenvalue weighted by atomic mass is 9.80. The van der Waals surface area contributed by atoms with Gasteiger partial charge in [-0.25, -0.2) is 0 Å². The minimum absolute atomic E-state index is 0.609. The first kappa shape index (κ1) is 12.1. The van der Waals surface area contributed by atoms with Gasteiger partial charge in [0.1, 0.15) is 0 Å². The van der Waals surface area contributed by atoms with Crippen molar-refractivity contribution in [3.63, 3.8) is 0 Å². The van der Waals surface area contributed by atoms with E-state index in [4.69, 9.17) is 5.26 Å². The Bertz CT molecular complexity index is 464. The quantitative estimate of drug-likeness (QED) is 0.842. The van der Waals surface area contributed by atoms with Gasteiger partial charge in [-0.2, -0.15) is 17.0 Å². The second-order valence-electron chi connectivity index (χ2n) is 5.44. The number of hydrogen-bond donors (Lipinski definition) is 1. The van der Waals surface area contributed by atoms with Crippen molar-refractivity contribution >= 4 is 11.8 Å². The van der Waals surface area contributed by atoms with E-state index in [0.29, 0.717) is 16.1 Å². The molecule has 2 heterocycles. The van der Waals surface area contributed by atoms with Crippen LogP contribution in [0.1, 0.15) is 43.2 Å². The summed E-state index contributed by atoms with van der Waals surface area (Å²) in [5.74, 6) is 0. The predicted octanol–water partition coefficient (Wildman–Crippen LogP) is 3.19. The molecule has 0 spiro atoms. The van der Waals surface area contributed by atoms with Gasteiger partial charge in [-0.3, -0.25) is 0 Å². The van der Waals surface area contributed by atoms with Crippen molar-refractivity contribution in [2.75, 3.05) is 0 Å². The molecule has 0 aromatic heterocycles. The van der Waals surface area contributed by atoms with Gasteiger partial charge in [0.25, 0.3) is 0 Å². The summed E-state index contributed by atoms with van der Waals surface area (Å²) in [5.41, 5.74) is 0.973. The van der Waals surface area contributed by atoms with Gasteiger partial charge in [-0.05, 0) is 43.4 Å². The summed E-state index contributed by atoms with van der Waals surface area (Å²) in [4.78, 5) is 0. The molecule has 0 saturated carbocycles. The van der Waals surface area contributed by atoms with Crippen molar-refractivity contribution in [3.05, 3.63) is 35.4 Å². The van der Waals surface area contributed by atoms with Crippen LogP contribution >= 0.6 is 11.8 Å². The fourth-order valence-electron chi connectivity index (χ4n) is 3.21. The summed E-state index contributed by atoms with van der Waals surface area (Å²) in [6.45, 7) is 0. The average molecular weight is 259 g/mol. The topological polar surface area (TPSA) is 44.0 Å². The van der Waals surface area contributed by atoms with Crippen LogP contribution in [-0.4, -0.2) is 15.6 Å². The number of hydrogen-bond acceptors (Lipinski definition) is 3. The summed E-state index contributed by atoms with van der Waals surface area (Å²) in [7, 11) is 0. The minimum Gasteiger partial charge on any atom is -0.385 e. The molecule has 2 aliphatic heterocycles. The largest absolute Gasteiger partial charge is 0.385 e. The molecule has 0 aliphatic carbocycles. The van der Waals surface area contributed by atoms with E-state index in [1.165, 1.54) is 19.3 Å². The van der Waals surface area contributed by atoms with Gasteiger partial charge in [0.15, 0.2) is 0 Å². The molecular formula is C15H17NOS. The SMILES string of the molecule is N#Cc1ccc(C2(O)CC3CCCC(C2)S3)cc1. The van der Waals surface area contributed by atoms with Crippen molar-refractivity contribution in [2.45, 2.75) is 48.2 Å². The standard InChI is InChI=1S/C15H17NOS/c16-10-11-4-6-12(7-5-11)15(17)8-13-2-1-3-14(9-15)18-13/h4-7,13-14,17H,1-3,8-9H2. The van der Waals surface area contributed by atoms with E-state index in [1.54, 1.807) is 0 Å². The second kappa shape index (κ2) is 4.60. The number of nitrogens with zero attached hydrogens (tertiary/aromatic N) is 1. The zero-order chi connectivity index (χ0) is 12.6. The van der Waals surface area contributed by atoms with Gasteiger partial charge >= 0.3 is 0 Å². The molecule has 0 radical (unpaired) electrons. The van der Waals surface area contributed by atoms with E-state index in [0.717, 1.165) is 18.4 Å². The maximum atomic E-state index is 10.9. The molecule has 1 aromatic carbocycles. The Hall–Kier alpha value is -0.980. The third-order valence-corrected chi connectivity index (χ3v) is 5.69. The van der Waals surface area contributed by atoms with Crippen molar-refractivity contribution in [1.29, 1.82) is 5.26 Å². The van der Waals surface area contributed by atoms with Gasteiger partial charge < -0.3 is 5.11 Å². The Morgan fingerprint density at radius 3 is 2.33 bits per heavy atom. The van der Waals surface area contributed by atoms with Crippen LogP contribution in [0, 0.1) is 11.3 Å². The highest BCUT2D eigenvalue weighted by atomic mass is 32.2. The number of benzene rings is 1. The summed E-state index contributed by atoms with van der Waals surface area (Å²) in [6, 6.07) is 9.59. The molecule has 3 heteroatoms. The molecule has 3 rings (SSSR count). The lowest BCUT2D eigenvalue weighted by molar-refractivity contribution is 0.00813. The zero-order valence-corrected chi connectivity index (χ0v) is 11.1. The van der Waals surface area contributed by atoms with E-state index < -0.39 is 5.60 Å². The van der Waals surface area contributed by atoms with Crippen molar-refractivity contribution < 1.29 is 5.11 Å². The lowest BCUT2D eigenvalue weighted by Crippen LogP contribution is -2.40. The number of nitriles is 1. The molecule has 94 valence electrons.